The Morgan fingerprint density at radius 1 is 1.25 bits per heavy atom. The Morgan fingerprint density at radius 2 is 1.75 bits per heavy atom. The van der Waals surface area contributed by atoms with E-state index in [-0.39, 0.29) is 0 Å². The van der Waals surface area contributed by atoms with Gasteiger partial charge in [-0.25, -0.2) is 0 Å². The molecule has 2 atom stereocenters. The molecule has 1 saturated carbocycles. The summed E-state index contributed by atoms with van der Waals surface area (Å²) in [5, 5.41) is 0. The quantitative estimate of drug-likeness (QED) is 0.529. The molecule has 0 radical (unpaired) electrons. The van der Waals surface area contributed by atoms with Gasteiger partial charge in [0, 0.05) is 13.7 Å². The predicted molar refractivity (Wildman–Crippen MR) is 33.7 cm³/mol. The van der Waals surface area contributed by atoms with E-state index in [4.69, 9.17) is 4.74 Å². The largest absolute Gasteiger partial charge is 0.384 e. The lowest BCUT2D eigenvalue weighted by Crippen LogP contribution is -1.91. The van der Waals surface area contributed by atoms with Crippen molar-refractivity contribution in [1.29, 1.82) is 0 Å². The van der Waals surface area contributed by atoms with Crippen LogP contribution in [0, 0.1) is 17.8 Å². The minimum atomic E-state index is 0.861. The number of hydrogen-bond donors (Lipinski definition) is 0. The van der Waals surface area contributed by atoms with Crippen molar-refractivity contribution >= 4 is 0 Å². The van der Waals surface area contributed by atoms with E-state index < -0.39 is 0 Å². The first-order chi connectivity index (χ1) is 3.77. The molecule has 0 aromatic rings. The summed E-state index contributed by atoms with van der Waals surface area (Å²) in [4.78, 5) is 0. The molecule has 0 bridgehead atoms. The van der Waals surface area contributed by atoms with Crippen LogP contribution in [0.25, 0.3) is 0 Å². The van der Waals surface area contributed by atoms with Crippen LogP contribution in [-0.4, -0.2) is 13.7 Å². The van der Waals surface area contributed by atoms with Crippen molar-refractivity contribution in [1.82, 2.24) is 0 Å². The SMILES string of the molecule is COCC1C(C)C1C. The molecule has 0 spiro atoms. The second kappa shape index (κ2) is 2.06. The molecule has 1 aliphatic rings. The number of hydrogen-bond acceptors (Lipinski definition) is 1. The molecule has 48 valence electrons. The molecule has 0 aromatic carbocycles. The lowest BCUT2D eigenvalue weighted by molar-refractivity contribution is 0.179. The summed E-state index contributed by atoms with van der Waals surface area (Å²) in [6.45, 7) is 5.53. The lowest BCUT2D eigenvalue weighted by atomic mass is 10.4. The van der Waals surface area contributed by atoms with Crippen molar-refractivity contribution in [3.63, 3.8) is 0 Å². The van der Waals surface area contributed by atoms with Gasteiger partial charge in [-0.3, -0.25) is 0 Å². The topological polar surface area (TPSA) is 9.23 Å². The van der Waals surface area contributed by atoms with Crippen LogP contribution in [0.5, 0.6) is 0 Å². The molecular weight excluding hydrogens is 100 g/mol. The fourth-order valence-electron chi connectivity index (χ4n) is 1.26. The van der Waals surface area contributed by atoms with Gasteiger partial charge in [0.1, 0.15) is 0 Å². The zero-order valence-electron chi connectivity index (χ0n) is 5.85. The van der Waals surface area contributed by atoms with Gasteiger partial charge in [-0.05, 0) is 17.8 Å². The zero-order chi connectivity index (χ0) is 6.15. The van der Waals surface area contributed by atoms with Crippen LogP contribution in [0.3, 0.4) is 0 Å². The van der Waals surface area contributed by atoms with Crippen LogP contribution < -0.4 is 0 Å². The van der Waals surface area contributed by atoms with E-state index in [2.05, 4.69) is 13.8 Å². The van der Waals surface area contributed by atoms with Crippen molar-refractivity contribution in [3.8, 4) is 0 Å². The fourth-order valence-corrected chi connectivity index (χ4v) is 1.26. The van der Waals surface area contributed by atoms with Crippen LogP contribution in [0.15, 0.2) is 0 Å². The summed E-state index contributed by atoms with van der Waals surface area (Å²) in [7, 11) is 1.78. The fraction of sp³-hybridized carbons (Fsp3) is 1.00. The van der Waals surface area contributed by atoms with E-state index in [0.717, 1.165) is 24.4 Å². The van der Waals surface area contributed by atoms with Crippen molar-refractivity contribution in [2.45, 2.75) is 13.8 Å². The summed E-state index contributed by atoms with van der Waals surface area (Å²) in [6.07, 6.45) is 0. The first-order valence-electron chi connectivity index (χ1n) is 3.26. The second-order valence-corrected chi connectivity index (χ2v) is 2.84. The monoisotopic (exact) mass is 114 g/mol. The standard InChI is InChI=1S/C7H14O/c1-5-6(2)7(5)4-8-3/h5-7H,4H2,1-3H3. The summed E-state index contributed by atoms with van der Waals surface area (Å²) < 4.78 is 5.01. The third kappa shape index (κ3) is 0.873. The average molecular weight is 114 g/mol. The Labute approximate surface area is 51.0 Å². The maximum Gasteiger partial charge on any atom is 0.0495 e. The summed E-state index contributed by atoms with van der Waals surface area (Å²) in [6, 6.07) is 0. The highest BCUT2D eigenvalue weighted by atomic mass is 16.5. The van der Waals surface area contributed by atoms with Crippen molar-refractivity contribution < 1.29 is 4.74 Å². The Balaban J connectivity index is 2.13. The molecule has 0 saturated heterocycles. The number of ether oxygens (including phenoxy) is 1. The molecule has 0 N–H and O–H groups in total. The second-order valence-electron chi connectivity index (χ2n) is 2.84. The van der Waals surface area contributed by atoms with Crippen molar-refractivity contribution in [3.05, 3.63) is 0 Å². The van der Waals surface area contributed by atoms with Gasteiger partial charge < -0.3 is 4.74 Å². The van der Waals surface area contributed by atoms with Gasteiger partial charge in [0.25, 0.3) is 0 Å². The number of methoxy groups -OCH3 is 1. The van der Waals surface area contributed by atoms with Gasteiger partial charge in [0.2, 0.25) is 0 Å². The van der Waals surface area contributed by atoms with Gasteiger partial charge in [-0.1, -0.05) is 13.8 Å². The molecule has 1 nitrogen and oxygen atoms in total. The number of rotatable bonds is 2. The smallest absolute Gasteiger partial charge is 0.0495 e. The van der Waals surface area contributed by atoms with E-state index in [9.17, 15) is 0 Å². The lowest BCUT2D eigenvalue weighted by Gasteiger charge is -1.91. The Kier molecular flexibility index (Phi) is 1.57. The predicted octanol–water partition coefficient (Wildman–Crippen LogP) is 1.53. The molecule has 0 heterocycles. The third-order valence-corrected chi connectivity index (χ3v) is 2.40. The van der Waals surface area contributed by atoms with Crippen LogP contribution in [0.2, 0.25) is 0 Å². The van der Waals surface area contributed by atoms with Crippen molar-refractivity contribution in [2.75, 3.05) is 13.7 Å². The normalized spacial score (nSPS) is 44.6. The van der Waals surface area contributed by atoms with E-state index in [0.29, 0.717) is 0 Å². The van der Waals surface area contributed by atoms with E-state index in [1.165, 1.54) is 0 Å². The van der Waals surface area contributed by atoms with Gasteiger partial charge >= 0.3 is 0 Å². The average Bonchev–Trinajstić information content (AvgIpc) is 2.25. The first kappa shape index (κ1) is 6.09. The van der Waals surface area contributed by atoms with Crippen molar-refractivity contribution in [2.24, 2.45) is 17.8 Å². The first-order valence-corrected chi connectivity index (χ1v) is 3.26. The molecule has 0 aliphatic heterocycles. The third-order valence-electron chi connectivity index (χ3n) is 2.40. The van der Waals surface area contributed by atoms with E-state index >= 15 is 0 Å². The summed E-state index contributed by atoms with van der Waals surface area (Å²) >= 11 is 0. The van der Waals surface area contributed by atoms with E-state index in [1.807, 2.05) is 0 Å². The maximum atomic E-state index is 5.01. The minimum absolute atomic E-state index is 0.861. The molecule has 0 amide bonds. The van der Waals surface area contributed by atoms with Crippen LogP contribution in [0.1, 0.15) is 13.8 Å². The molecule has 8 heavy (non-hydrogen) atoms. The van der Waals surface area contributed by atoms with Crippen LogP contribution in [0.4, 0.5) is 0 Å². The molecule has 0 aromatic heterocycles. The summed E-state index contributed by atoms with van der Waals surface area (Å²) in [5.74, 6) is 2.69. The molecule has 1 rings (SSSR count). The Morgan fingerprint density at radius 3 is 1.88 bits per heavy atom. The highest BCUT2D eigenvalue weighted by Crippen LogP contribution is 2.45. The van der Waals surface area contributed by atoms with Crippen LogP contribution >= 0.6 is 0 Å². The van der Waals surface area contributed by atoms with Gasteiger partial charge in [0.05, 0.1) is 0 Å². The molecular formula is C7H14O. The van der Waals surface area contributed by atoms with Gasteiger partial charge in [-0.2, -0.15) is 0 Å². The maximum absolute atomic E-state index is 5.01. The Bertz CT molecular complexity index is 72.5. The van der Waals surface area contributed by atoms with Gasteiger partial charge in [0.15, 0.2) is 0 Å². The molecule has 1 fully saturated rings. The molecule has 2 unspecified atom stereocenters. The molecule has 1 aliphatic carbocycles. The Hall–Kier alpha value is -0.0400. The van der Waals surface area contributed by atoms with Gasteiger partial charge in [-0.15, -0.1) is 0 Å². The summed E-state index contributed by atoms with van der Waals surface area (Å²) in [5.41, 5.74) is 0. The zero-order valence-corrected chi connectivity index (χ0v) is 5.85. The minimum Gasteiger partial charge on any atom is -0.384 e. The highest BCUT2D eigenvalue weighted by Gasteiger charge is 2.42. The van der Waals surface area contributed by atoms with Crippen LogP contribution in [-0.2, 0) is 4.74 Å². The molecule has 1 heteroatoms. The highest BCUT2D eigenvalue weighted by molar-refractivity contribution is 4.90. The van der Waals surface area contributed by atoms with E-state index in [1.54, 1.807) is 7.11 Å².